The van der Waals surface area contributed by atoms with E-state index in [4.69, 9.17) is 9.47 Å². The quantitative estimate of drug-likeness (QED) is 0.265. The predicted molar refractivity (Wildman–Crippen MR) is 135 cm³/mol. The lowest BCUT2D eigenvalue weighted by atomic mass is 10.1. The van der Waals surface area contributed by atoms with E-state index in [1.807, 2.05) is 11.9 Å². The highest BCUT2D eigenvalue weighted by Gasteiger charge is 2.14. The highest BCUT2D eigenvalue weighted by molar-refractivity contribution is 14.0. The lowest BCUT2D eigenvalue weighted by Crippen LogP contribution is -2.38. The van der Waals surface area contributed by atoms with Gasteiger partial charge in [0, 0.05) is 40.4 Å². The Balaban J connectivity index is 0.00000385. The topological polar surface area (TPSA) is 55.3 Å². The van der Waals surface area contributed by atoms with Gasteiger partial charge in [0.25, 0.3) is 0 Å². The van der Waals surface area contributed by atoms with E-state index in [0.29, 0.717) is 19.7 Å². The molecule has 1 aliphatic rings. The fourth-order valence-corrected chi connectivity index (χ4v) is 3.50. The summed E-state index contributed by atoms with van der Waals surface area (Å²) in [5.74, 6) is 0.889. The average Bonchev–Trinajstić information content (AvgIpc) is 2.80. The van der Waals surface area contributed by atoms with Gasteiger partial charge < -0.3 is 24.4 Å². The minimum absolute atomic E-state index is 0. The fraction of sp³-hybridized carbons (Fsp3) is 0.458. The van der Waals surface area contributed by atoms with Gasteiger partial charge in [0.05, 0.1) is 12.7 Å². The van der Waals surface area contributed by atoms with Gasteiger partial charge in [-0.25, -0.2) is 0 Å². The van der Waals surface area contributed by atoms with Crippen LogP contribution in [0.3, 0.4) is 0 Å². The molecule has 2 aromatic carbocycles. The summed E-state index contributed by atoms with van der Waals surface area (Å²) in [6, 6.07) is 15.0. The maximum absolute atomic E-state index is 12.3. The summed E-state index contributed by atoms with van der Waals surface area (Å²) >= 11 is 0. The molecule has 1 saturated heterocycles. The molecule has 1 fully saturated rings. The number of benzene rings is 2. The minimum atomic E-state index is -2.82. The van der Waals surface area contributed by atoms with Crippen molar-refractivity contribution in [3.05, 3.63) is 65.2 Å². The van der Waals surface area contributed by atoms with Crippen molar-refractivity contribution in [3.63, 3.8) is 0 Å². The molecule has 3 rings (SSSR count). The molecule has 33 heavy (non-hydrogen) atoms. The number of rotatable bonds is 9. The van der Waals surface area contributed by atoms with Crippen molar-refractivity contribution in [2.24, 2.45) is 4.99 Å². The van der Waals surface area contributed by atoms with Crippen LogP contribution >= 0.6 is 24.0 Å². The lowest BCUT2D eigenvalue weighted by molar-refractivity contribution is -0.0498. The molecule has 0 aliphatic carbocycles. The van der Waals surface area contributed by atoms with Crippen molar-refractivity contribution in [3.8, 4) is 5.75 Å². The summed E-state index contributed by atoms with van der Waals surface area (Å²) in [5.41, 5.74) is 3.26. The Kier molecular flexibility index (Phi) is 11.8. The first-order valence-corrected chi connectivity index (χ1v) is 10.8. The number of hydrogen-bond donors (Lipinski definition) is 1. The summed E-state index contributed by atoms with van der Waals surface area (Å²) in [7, 11) is 3.66. The third kappa shape index (κ3) is 9.42. The van der Waals surface area contributed by atoms with E-state index in [-0.39, 0.29) is 35.8 Å². The highest BCUT2D eigenvalue weighted by atomic mass is 127. The first-order chi connectivity index (χ1) is 15.5. The molecule has 2 aromatic rings. The number of alkyl halides is 2. The molecule has 0 aromatic heterocycles. The third-order valence-electron chi connectivity index (χ3n) is 5.27. The van der Waals surface area contributed by atoms with Crippen LogP contribution in [0, 0.1) is 0 Å². The van der Waals surface area contributed by atoms with Crippen molar-refractivity contribution >= 4 is 29.9 Å². The van der Waals surface area contributed by atoms with Crippen molar-refractivity contribution in [1.82, 2.24) is 10.2 Å². The van der Waals surface area contributed by atoms with E-state index < -0.39 is 6.61 Å². The highest BCUT2D eigenvalue weighted by Crippen LogP contribution is 2.16. The molecule has 0 radical (unpaired) electrons. The Labute approximate surface area is 211 Å². The molecule has 1 heterocycles. The second-order valence-electron chi connectivity index (χ2n) is 7.72. The first-order valence-electron chi connectivity index (χ1n) is 10.8. The molecule has 1 N–H and O–H groups in total. The van der Waals surface area contributed by atoms with Crippen LogP contribution in [0.25, 0.3) is 0 Å². The van der Waals surface area contributed by atoms with E-state index in [9.17, 15) is 8.78 Å². The maximum atomic E-state index is 12.3. The van der Waals surface area contributed by atoms with Gasteiger partial charge in [-0.3, -0.25) is 4.99 Å². The molecule has 0 unspecified atom stereocenters. The fourth-order valence-electron chi connectivity index (χ4n) is 3.50. The number of nitrogens with one attached hydrogen (secondary N) is 1. The summed E-state index contributed by atoms with van der Waals surface area (Å²) in [4.78, 5) is 6.30. The van der Waals surface area contributed by atoms with Gasteiger partial charge in [0.15, 0.2) is 5.96 Å². The number of nitrogens with zero attached hydrogens (tertiary/aromatic N) is 2. The van der Waals surface area contributed by atoms with Gasteiger partial charge >= 0.3 is 6.61 Å². The van der Waals surface area contributed by atoms with Crippen LogP contribution in [0.4, 0.5) is 8.78 Å². The Morgan fingerprint density at radius 3 is 2.27 bits per heavy atom. The molecule has 0 spiro atoms. The summed E-state index contributed by atoms with van der Waals surface area (Å²) in [6.45, 7) is 0.577. The van der Waals surface area contributed by atoms with Crippen LogP contribution in [0.2, 0.25) is 0 Å². The zero-order valence-electron chi connectivity index (χ0n) is 19.0. The van der Waals surface area contributed by atoms with Crippen molar-refractivity contribution in [1.29, 1.82) is 0 Å². The van der Waals surface area contributed by atoms with Crippen molar-refractivity contribution in [2.45, 2.75) is 45.3 Å². The Bertz CT molecular complexity index is 845. The Hall–Kier alpha value is -1.98. The van der Waals surface area contributed by atoms with E-state index in [1.165, 1.54) is 0 Å². The van der Waals surface area contributed by atoms with Crippen molar-refractivity contribution in [2.75, 3.05) is 27.3 Å². The van der Waals surface area contributed by atoms with Crippen LogP contribution < -0.4 is 10.1 Å². The van der Waals surface area contributed by atoms with E-state index >= 15 is 0 Å². The maximum Gasteiger partial charge on any atom is 0.387 e. The zero-order chi connectivity index (χ0) is 22.8. The molecule has 6 nitrogen and oxygen atoms in total. The molecule has 182 valence electrons. The molecular formula is C24H32F2IN3O3. The van der Waals surface area contributed by atoms with Gasteiger partial charge in [-0.1, -0.05) is 36.4 Å². The largest absolute Gasteiger partial charge is 0.435 e. The van der Waals surface area contributed by atoms with Gasteiger partial charge in [0.1, 0.15) is 5.75 Å². The number of hydrogen-bond acceptors (Lipinski definition) is 4. The smallest absolute Gasteiger partial charge is 0.387 e. The zero-order valence-corrected chi connectivity index (χ0v) is 21.3. The van der Waals surface area contributed by atoms with Gasteiger partial charge in [-0.05, 0) is 41.7 Å². The minimum Gasteiger partial charge on any atom is -0.435 e. The lowest BCUT2D eigenvalue weighted by Gasteiger charge is -2.23. The Morgan fingerprint density at radius 1 is 1.06 bits per heavy atom. The predicted octanol–water partition coefficient (Wildman–Crippen LogP) is 4.81. The normalized spacial score (nSPS) is 14.6. The number of aliphatic imine (C=N–C) groups is 1. The molecule has 1 aliphatic heterocycles. The van der Waals surface area contributed by atoms with E-state index in [2.05, 4.69) is 39.3 Å². The SMILES string of the molecule is CN=C(NCc1ccc(COC2CCOCC2)cc1)N(C)Cc1ccc(OC(F)F)cc1.I. The van der Waals surface area contributed by atoms with Gasteiger partial charge in [0.2, 0.25) is 0 Å². The van der Waals surface area contributed by atoms with Crippen LogP contribution in [-0.2, 0) is 29.2 Å². The monoisotopic (exact) mass is 575 g/mol. The summed E-state index contributed by atoms with van der Waals surface area (Å²) < 4.78 is 40.3. The second-order valence-corrected chi connectivity index (χ2v) is 7.72. The summed E-state index contributed by atoms with van der Waals surface area (Å²) in [5, 5.41) is 3.35. The molecule has 9 heteroatoms. The third-order valence-corrected chi connectivity index (χ3v) is 5.27. The number of guanidine groups is 1. The molecule has 0 atom stereocenters. The second kappa shape index (κ2) is 14.3. The molecule has 0 amide bonds. The Morgan fingerprint density at radius 2 is 1.67 bits per heavy atom. The summed E-state index contributed by atoms with van der Waals surface area (Å²) in [6.07, 6.45) is 2.21. The standard InChI is InChI=1S/C24H31F2N3O3.HI/c1-27-24(29(2)16-19-7-9-22(10-8-19)32-23(25)26)28-15-18-3-5-20(6-4-18)17-31-21-11-13-30-14-12-21;/h3-10,21,23H,11-17H2,1-2H3,(H,27,28);1H. The first kappa shape index (κ1) is 27.3. The molecule has 0 saturated carbocycles. The van der Waals surface area contributed by atoms with Crippen LogP contribution in [0.15, 0.2) is 53.5 Å². The average molecular weight is 575 g/mol. The number of halogens is 3. The van der Waals surface area contributed by atoms with E-state index in [0.717, 1.165) is 48.7 Å². The van der Waals surface area contributed by atoms with Crippen LogP contribution in [-0.4, -0.2) is 50.9 Å². The van der Waals surface area contributed by atoms with Crippen LogP contribution in [0.1, 0.15) is 29.5 Å². The van der Waals surface area contributed by atoms with Gasteiger partial charge in [-0.15, -0.1) is 24.0 Å². The van der Waals surface area contributed by atoms with Gasteiger partial charge in [-0.2, -0.15) is 8.78 Å². The van der Waals surface area contributed by atoms with Crippen molar-refractivity contribution < 1.29 is 23.0 Å². The molecular weight excluding hydrogens is 543 g/mol. The number of ether oxygens (including phenoxy) is 3. The van der Waals surface area contributed by atoms with E-state index in [1.54, 1.807) is 31.3 Å². The molecule has 0 bridgehead atoms. The van der Waals surface area contributed by atoms with Crippen LogP contribution in [0.5, 0.6) is 5.75 Å².